The van der Waals surface area contributed by atoms with Crippen molar-refractivity contribution in [2.24, 2.45) is 5.73 Å². The van der Waals surface area contributed by atoms with Crippen LogP contribution in [0.5, 0.6) is 0 Å². The first-order valence-corrected chi connectivity index (χ1v) is 12.5. The number of primary amides is 1. The third-order valence-corrected chi connectivity index (χ3v) is 6.43. The maximum atomic E-state index is 13.4. The number of nitrogens with one attached hydrogen (secondary N) is 1. The van der Waals surface area contributed by atoms with Crippen LogP contribution in [0.1, 0.15) is 38.9 Å². The van der Waals surface area contributed by atoms with Gasteiger partial charge in [-0.2, -0.15) is 5.10 Å². The second-order valence-electron chi connectivity index (χ2n) is 8.95. The number of hydrogen-bond acceptors (Lipinski definition) is 7. The number of nitrogens with two attached hydrogens (primary N) is 2. The van der Waals surface area contributed by atoms with Gasteiger partial charge in [0.25, 0.3) is 11.5 Å². The molecule has 1 amide bonds. The molecular formula is C29H26N8O3. The van der Waals surface area contributed by atoms with E-state index in [0.717, 1.165) is 28.8 Å². The van der Waals surface area contributed by atoms with E-state index in [2.05, 4.69) is 20.3 Å². The summed E-state index contributed by atoms with van der Waals surface area (Å²) in [6.07, 6.45) is 7.16. The van der Waals surface area contributed by atoms with E-state index in [-0.39, 0.29) is 29.1 Å². The van der Waals surface area contributed by atoms with Crippen molar-refractivity contribution in [3.05, 3.63) is 118 Å². The van der Waals surface area contributed by atoms with E-state index >= 15 is 0 Å². The lowest BCUT2D eigenvalue weighted by atomic mass is 9.99. The highest BCUT2D eigenvalue weighted by molar-refractivity contribution is 6.03. The van der Waals surface area contributed by atoms with E-state index in [1.54, 1.807) is 29.2 Å². The Morgan fingerprint density at radius 2 is 1.85 bits per heavy atom. The average molecular weight is 535 g/mol. The van der Waals surface area contributed by atoms with Crippen molar-refractivity contribution in [2.75, 3.05) is 5.73 Å². The lowest BCUT2D eigenvalue weighted by molar-refractivity contribution is 0.0988. The topological polar surface area (TPSA) is 167 Å². The molecule has 4 heterocycles. The zero-order valence-corrected chi connectivity index (χ0v) is 21.6. The molecule has 0 atom stereocenters. The number of benzene rings is 2. The highest BCUT2D eigenvalue weighted by atomic mass is 16.1. The zero-order valence-electron chi connectivity index (χ0n) is 21.6. The van der Waals surface area contributed by atoms with Crippen molar-refractivity contribution in [3.8, 4) is 5.69 Å². The van der Waals surface area contributed by atoms with Crippen LogP contribution < -0.4 is 17.0 Å². The molecule has 0 spiro atoms. The number of aryl methyl sites for hydroxylation is 1. The molecule has 4 aromatic heterocycles. The Hall–Kier alpha value is -5.58. The van der Waals surface area contributed by atoms with Gasteiger partial charge in [-0.1, -0.05) is 43.3 Å². The predicted octanol–water partition coefficient (Wildman–Crippen LogP) is 3.11. The van der Waals surface area contributed by atoms with E-state index in [0.29, 0.717) is 16.6 Å². The number of anilines is 1. The Balaban J connectivity index is 0.000000207. The van der Waals surface area contributed by atoms with Crippen molar-refractivity contribution < 1.29 is 9.59 Å². The second-order valence-corrected chi connectivity index (χ2v) is 8.95. The molecule has 2 aromatic carbocycles. The molecule has 40 heavy (non-hydrogen) atoms. The molecule has 6 aromatic rings. The summed E-state index contributed by atoms with van der Waals surface area (Å²) >= 11 is 0. The maximum absolute atomic E-state index is 13.4. The van der Waals surface area contributed by atoms with Crippen LogP contribution >= 0.6 is 0 Å². The smallest absolute Gasteiger partial charge is 0.263 e. The first kappa shape index (κ1) is 26.0. The summed E-state index contributed by atoms with van der Waals surface area (Å²) in [4.78, 5) is 40.9. The number of nitrogens with zero attached hydrogens (tertiary/aromatic N) is 5. The minimum absolute atomic E-state index is 0.0681. The van der Waals surface area contributed by atoms with Gasteiger partial charge < -0.3 is 11.5 Å². The molecule has 6 rings (SSSR count). The molecule has 0 saturated carbocycles. The summed E-state index contributed by atoms with van der Waals surface area (Å²) in [6, 6.07) is 19.0. The number of carbonyl (C=O) groups excluding carboxylic acids is 2. The Morgan fingerprint density at radius 3 is 2.55 bits per heavy atom. The molecule has 0 saturated heterocycles. The highest BCUT2D eigenvalue weighted by Crippen LogP contribution is 2.21. The van der Waals surface area contributed by atoms with Crippen molar-refractivity contribution in [3.63, 3.8) is 0 Å². The largest absolute Gasteiger partial charge is 0.381 e. The van der Waals surface area contributed by atoms with E-state index in [1.165, 1.54) is 10.7 Å². The normalized spacial score (nSPS) is 10.8. The Bertz CT molecular complexity index is 1890. The standard InChI is InChI=1S/C22H19N3O2.C7H7N5O/c1-2-18-11-15-7-6-8-16(12-20(26)17-13-23-24-14-17)21(15)22(27)25(18)19-9-4-3-5-10-19;8-5-4(6(9)13)7-10-2-1-3-12(7)11-5/h3-11,13-14H,2,12H2,1H3,(H,23,24);1-3H,(H2,8,11)(H2,9,13). The third-order valence-electron chi connectivity index (χ3n) is 6.43. The number of para-hydroxylation sites is 1. The molecule has 0 radical (unpaired) electrons. The number of Topliss-reactive ketones (excluding diaryl/α,β-unsaturated/α-hetero) is 1. The Morgan fingerprint density at radius 1 is 1.05 bits per heavy atom. The van der Waals surface area contributed by atoms with Crippen LogP contribution in [0.25, 0.3) is 22.1 Å². The Labute approximate surface area is 228 Å². The summed E-state index contributed by atoms with van der Waals surface area (Å²) in [5.74, 6) is -0.584. The quantitative estimate of drug-likeness (QED) is 0.276. The Kier molecular flexibility index (Phi) is 7.18. The number of ketones is 1. The molecule has 11 nitrogen and oxygen atoms in total. The predicted molar refractivity (Wildman–Crippen MR) is 151 cm³/mol. The third kappa shape index (κ3) is 4.95. The van der Waals surface area contributed by atoms with Gasteiger partial charge in [0.15, 0.2) is 17.2 Å². The molecular weight excluding hydrogens is 508 g/mol. The van der Waals surface area contributed by atoms with Crippen LogP contribution in [0.15, 0.2) is 90.2 Å². The summed E-state index contributed by atoms with van der Waals surface area (Å²) in [7, 11) is 0. The fourth-order valence-corrected chi connectivity index (χ4v) is 4.57. The molecule has 0 aliphatic heterocycles. The van der Waals surface area contributed by atoms with Crippen molar-refractivity contribution in [1.82, 2.24) is 29.4 Å². The average Bonchev–Trinajstić information content (AvgIpc) is 3.61. The lowest BCUT2D eigenvalue weighted by Crippen LogP contribution is -2.23. The van der Waals surface area contributed by atoms with E-state index in [9.17, 15) is 14.4 Å². The van der Waals surface area contributed by atoms with Crippen LogP contribution in [0.4, 0.5) is 5.82 Å². The van der Waals surface area contributed by atoms with Crippen molar-refractivity contribution in [1.29, 1.82) is 0 Å². The number of pyridine rings is 1. The van der Waals surface area contributed by atoms with Crippen LogP contribution in [0, 0.1) is 0 Å². The van der Waals surface area contributed by atoms with E-state index < -0.39 is 5.91 Å². The molecule has 11 heteroatoms. The zero-order chi connectivity index (χ0) is 28.2. The van der Waals surface area contributed by atoms with Gasteiger partial charge in [-0.25, -0.2) is 9.50 Å². The monoisotopic (exact) mass is 534 g/mol. The van der Waals surface area contributed by atoms with Gasteiger partial charge in [-0.05, 0) is 41.6 Å². The minimum atomic E-state index is -0.619. The number of amides is 1. The molecule has 0 unspecified atom stereocenters. The van der Waals surface area contributed by atoms with Crippen molar-refractivity contribution >= 4 is 33.9 Å². The van der Waals surface area contributed by atoms with E-state index in [1.807, 2.05) is 61.5 Å². The summed E-state index contributed by atoms with van der Waals surface area (Å²) in [5.41, 5.74) is 14.1. The number of rotatable bonds is 6. The first-order chi connectivity index (χ1) is 19.4. The minimum Gasteiger partial charge on any atom is -0.381 e. The number of aromatic nitrogens is 6. The fourth-order valence-electron chi connectivity index (χ4n) is 4.57. The summed E-state index contributed by atoms with van der Waals surface area (Å²) < 4.78 is 3.16. The first-order valence-electron chi connectivity index (χ1n) is 12.5. The second kappa shape index (κ2) is 11.0. The summed E-state index contributed by atoms with van der Waals surface area (Å²) in [5, 5.41) is 11.8. The van der Waals surface area contributed by atoms with Gasteiger partial charge in [-0.3, -0.25) is 24.0 Å². The SMILES string of the molecule is CCc1cc2cccc(CC(=O)c3cn[nH]c3)c2c(=O)n1-c1ccccc1.NC(=O)c1c(N)nn2cccnc12. The number of fused-ring (bicyclic) bond motifs is 2. The van der Waals surface area contributed by atoms with Gasteiger partial charge in [-0.15, -0.1) is 5.10 Å². The molecule has 200 valence electrons. The van der Waals surface area contributed by atoms with Crippen LogP contribution in [-0.4, -0.2) is 41.1 Å². The molecule has 0 aliphatic carbocycles. The number of nitrogen functional groups attached to an aromatic ring is 1. The number of hydrogen-bond donors (Lipinski definition) is 3. The van der Waals surface area contributed by atoms with Crippen LogP contribution in [-0.2, 0) is 12.8 Å². The summed E-state index contributed by atoms with van der Waals surface area (Å²) in [6.45, 7) is 2.03. The van der Waals surface area contributed by atoms with Gasteiger partial charge in [0.05, 0.1) is 17.1 Å². The molecule has 5 N–H and O–H groups in total. The molecule has 0 aliphatic rings. The molecule has 0 bridgehead atoms. The van der Waals surface area contributed by atoms with Gasteiger partial charge in [0.2, 0.25) is 0 Å². The van der Waals surface area contributed by atoms with Gasteiger partial charge in [0, 0.05) is 36.4 Å². The lowest BCUT2D eigenvalue weighted by Gasteiger charge is -2.15. The highest BCUT2D eigenvalue weighted by Gasteiger charge is 2.17. The van der Waals surface area contributed by atoms with Crippen LogP contribution in [0.3, 0.4) is 0 Å². The number of H-pyrrole nitrogens is 1. The van der Waals surface area contributed by atoms with Crippen molar-refractivity contribution in [2.45, 2.75) is 19.8 Å². The van der Waals surface area contributed by atoms with Crippen LogP contribution in [0.2, 0.25) is 0 Å². The fraction of sp³-hybridized carbons (Fsp3) is 0.103. The number of carbonyl (C=O) groups is 2. The van der Waals surface area contributed by atoms with Gasteiger partial charge >= 0.3 is 0 Å². The maximum Gasteiger partial charge on any atom is 0.263 e. The van der Waals surface area contributed by atoms with Gasteiger partial charge in [0.1, 0.15) is 5.56 Å². The number of aromatic amines is 1. The van der Waals surface area contributed by atoms with E-state index in [4.69, 9.17) is 11.5 Å². The molecule has 0 fully saturated rings.